The number of hydrogen-bond donors (Lipinski definition) is 2. The number of sulfonamides is 1. The van der Waals surface area contributed by atoms with Crippen LogP contribution in [0, 0.1) is 0 Å². The lowest BCUT2D eigenvalue weighted by Gasteiger charge is -2.18. The van der Waals surface area contributed by atoms with Crippen LogP contribution in [0.25, 0.3) is 0 Å². The van der Waals surface area contributed by atoms with Gasteiger partial charge < -0.3 is 10.0 Å². The van der Waals surface area contributed by atoms with Crippen molar-refractivity contribution in [3.8, 4) is 0 Å². The molecule has 0 unspecified atom stereocenters. The van der Waals surface area contributed by atoms with Crippen LogP contribution in [0.2, 0.25) is 0 Å². The fourth-order valence-corrected chi connectivity index (χ4v) is 3.19. The number of hydrogen-bond acceptors (Lipinski definition) is 5. The highest BCUT2D eigenvalue weighted by molar-refractivity contribution is 7.89. The Balaban J connectivity index is 2.06. The third-order valence-electron chi connectivity index (χ3n) is 3.85. The maximum atomic E-state index is 12.3. The van der Waals surface area contributed by atoms with E-state index in [0.29, 0.717) is 5.56 Å². The molecule has 0 saturated heterocycles. The van der Waals surface area contributed by atoms with Crippen LogP contribution < -0.4 is 10.0 Å². The molecule has 0 bridgehead atoms. The summed E-state index contributed by atoms with van der Waals surface area (Å²) in [5.74, 6) is -2.88. The number of carbonyl (C=O) groups excluding carboxylic acids is 2. The molecule has 0 radical (unpaired) electrons. The van der Waals surface area contributed by atoms with Crippen LogP contribution in [0.5, 0.6) is 0 Å². The Morgan fingerprint density at radius 1 is 1.12 bits per heavy atom. The Bertz CT molecular complexity index is 1030. The Morgan fingerprint density at radius 2 is 1.80 bits per heavy atom. The van der Waals surface area contributed by atoms with Gasteiger partial charge in [-0.25, -0.2) is 18.4 Å². The molecule has 1 aliphatic heterocycles. The Labute approximate surface area is 142 Å². The van der Waals surface area contributed by atoms with E-state index >= 15 is 0 Å². The summed E-state index contributed by atoms with van der Waals surface area (Å²) in [6, 6.07) is 9.65. The molecular weight excluding hydrogens is 348 g/mol. The normalized spacial score (nSPS) is 13.9. The molecule has 0 spiro atoms. The number of fused-ring (bicyclic) bond motifs is 1. The first kappa shape index (κ1) is 16.8. The van der Waals surface area contributed by atoms with E-state index in [2.05, 4.69) is 0 Å². The monoisotopic (exact) mass is 360 g/mol. The van der Waals surface area contributed by atoms with Gasteiger partial charge in [-0.05, 0) is 29.8 Å². The highest BCUT2D eigenvalue weighted by Gasteiger charge is 2.37. The molecule has 0 fully saturated rings. The molecule has 0 aromatic heterocycles. The zero-order chi connectivity index (χ0) is 18.4. The number of rotatable bonds is 4. The van der Waals surface area contributed by atoms with Crippen LogP contribution in [-0.4, -0.2) is 31.2 Å². The third kappa shape index (κ3) is 2.90. The number of carboxylic acids is 1. The molecule has 3 rings (SSSR count). The minimum atomic E-state index is -4.02. The van der Waals surface area contributed by atoms with Gasteiger partial charge in [0.1, 0.15) is 0 Å². The van der Waals surface area contributed by atoms with Crippen LogP contribution in [0.15, 0.2) is 47.4 Å². The SMILES string of the molecule is NS(=O)(=O)c1ccc2c(c1)C(=O)C(=O)N2Cc1ccccc1C(=O)O. The minimum Gasteiger partial charge on any atom is -0.478 e. The van der Waals surface area contributed by atoms with Crippen molar-refractivity contribution in [3.05, 3.63) is 59.2 Å². The van der Waals surface area contributed by atoms with E-state index in [1.54, 1.807) is 12.1 Å². The molecule has 0 saturated carbocycles. The highest BCUT2D eigenvalue weighted by Crippen LogP contribution is 2.32. The summed E-state index contributed by atoms with van der Waals surface area (Å²) in [5, 5.41) is 14.3. The van der Waals surface area contributed by atoms with E-state index in [1.165, 1.54) is 24.3 Å². The van der Waals surface area contributed by atoms with Crippen molar-refractivity contribution in [2.24, 2.45) is 5.14 Å². The fraction of sp³-hybridized carbons (Fsp3) is 0.0625. The molecule has 0 atom stereocenters. The molecule has 1 amide bonds. The van der Waals surface area contributed by atoms with Crippen LogP contribution in [0.3, 0.4) is 0 Å². The number of ketones is 1. The van der Waals surface area contributed by atoms with Gasteiger partial charge in [0.05, 0.1) is 28.3 Å². The van der Waals surface area contributed by atoms with E-state index in [9.17, 15) is 27.9 Å². The first-order valence-corrected chi connectivity index (χ1v) is 8.59. The number of benzene rings is 2. The summed E-state index contributed by atoms with van der Waals surface area (Å²) in [5.41, 5.74) is 0.490. The van der Waals surface area contributed by atoms with Crippen molar-refractivity contribution in [2.75, 3.05) is 4.90 Å². The summed E-state index contributed by atoms with van der Waals surface area (Å²) in [6.07, 6.45) is 0. The molecule has 128 valence electrons. The molecule has 8 nitrogen and oxygen atoms in total. The van der Waals surface area contributed by atoms with Crippen molar-refractivity contribution in [1.29, 1.82) is 0 Å². The van der Waals surface area contributed by atoms with Crippen molar-refractivity contribution in [1.82, 2.24) is 0 Å². The molecule has 3 N–H and O–H groups in total. The zero-order valence-electron chi connectivity index (χ0n) is 12.7. The first-order valence-electron chi connectivity index (χ1n) is 7.04. The summed E-state index contributed by atoms with van der Waals surface area (Å²) in [7, 11) is -4.02. The highest BCUT2D eigenvalue weighted by atomic mass is 32.2. The number of nitrogens with two attached hydrogens (primary N) is 1. The Morgan fingerprint density at radius 3 is 2.44 bits per heavy atom. The van der Waals surface area contributed by atoms with Crippen LogP contribution in [-0.2, 0) is 21.4 Å². The molecule has 2 aromatic carbocycles. The van der Waals surface area contributed by atoms with E-state index in [4.69, 9.17) is 5.14 Å². The Kier molecular flexibility index (Phi) is 3.90. The summed E-state index contributed by atoms with van der Waals surface area (Å²) in [6.45, 7) is -0.130. The van der Waals surface area contributed by atoms with Crippen LogP contribution in [0.4, 0.5) is 5.69 Å². The maximum absolute atomic E-state index is 12.3. The molecule has 1 aliphatic rings. The zero-order valence-corrected chi connectivity index (χ0v) is 13.5. The van der Waals surface area contributed by atoms with Gasteiger partial charge in [0.15, 0.2) is 0 Å². The van der Waals surface area contributed by atoms with Crippen molar-refractivity contribution in [3.63, 3.8) is 0 Å². The molecule has 2 aromatic rings. The Hall–Kier alpha value is -3.04. The quantitative estimate of drug-likeness (QED) is 0.773. The summed E-state index contributed by atoms with van der Waals surface area (Å²) in [4.78, 5) is 36.5. The van der Waals surface area contributed by atoms with Gasteiger partial charge in [-0.2, -0.15) is 0 Å². The first-order chi connectivity index (χ1) is 11.7. The lowest BCUT2D eigenvalue weighted by Crippen LogP contribution is -2.29. The lowest BCUT2D eigenvalue weighted by molar-refractivity contribution is -0.114. The summed E-state index contributed by atoms with van der Waals surface area (Å²) >= 11 is 0. The number of primary sulfonamides is 1. The number of carboxylic acid groups (broad SMARTS) is 1. The fourth-order valence-electron chi connectivity index (χ4n) is 2.65. The van der Waals surface area contributed by atoms with Gasteiger partial charge in [-0.15, -0.1) is 0 Å². The third-order valence-corrected chi connectivity index (χ3v) is 4.76. The van der Waals surface area contributed by atoms with Crippen LogP contribution in [0.1, 0.15) is 26.3 Å². The average Bonchev–Trinajstić information content (AvgIpc) is 2.79. The number of carbonyl (C=O) groups is 3. The van der Waals surface area contributed by atoms with Gasteiger partial charge in [-0.1, -0.05) is 18.2 Å². The van der Waals surface area contributed by atoms with Crippen molar-refractivity contribution >= 4 is 33.4 Å². The number of amides is 1. The molecule has 9 heteroatoms. The van der Waals surface area contributed by atoms with Gasteiger partial charge in [0, 0.05) is 0 Å². The predicted molar refractivity (Wildman–Crippen MR) is 86.7 cm³/mol. The molecular formula is C16H12N2O6S. The number of aromatic carboxylic acids is 1. The largest absolute Gasteiger partial charge is 0.478 e. The standard InChI is InChI=1S/C16H12N2O6S/c17-25(23,24)10-5-6-13-12(7-10)14(19)15(20)18(13)8-9-3-1-2-4-11(9)16(21)22/h1-7H,8H2,(H,21,22)(H2,17,23,24). The summed E-state index contributed by atoms with van der Waals surface area (Å²) < 4.78 is 22.8. The molecule has 1 heterocycles. The van der Waals surface area contributed by atoms with E-state index in [0.717, 1.165) is 11.0 Å². The second kappa shape index (κ2) is 5.80. The van der Waals surface area contributed by atoms with Gasteiger partial charge in [0.25, 0.3) is 11.7 Å². The van der Waals surface area contributed by atoms with Crippen molar-refractivity contribution < 1.29 is 27.9 Å². The molecule has 0 aliphatic carbocycles. The van der Waals surface area contributed by atoms with E-state index in [-0.39, 0.29) is 28.3 Å². The number of anilines is 1. The lowest BCUT2D eigenvalue weighted by atomic mass is 10.1. The van der Waals surface area contributed by atoms with Crippen LogP contribution >= 0.6 is 0 Å². The van der Waals surface area contributed by atoms with Crippen molar-refractivity contribution in [2.45, 2.75) is 11.4 Å². The number of Topliss-reactive ketones (excluding diaryl/α,β-unsaturated/α-hetero) is 1. The predicted octanol–water partition coefficient (Wildman–Crippen LogP) is 0.762. The second-order valence-corrected chi connectivity index (χ2v) is 6.97. The minimum absolute atomic E-state index is 0.0114. The van der Waals surface area contributed by atoms with Gasteiger partial charge >= 0.3 is 5.97 Å². The van der Waals surface area contributed by atoms with E-state index in [1.807, 2.05) is 0 Å². The maximum Gasteiger partial charge on any atom is 0.336 e. The van der Waals surface area contributed by atoms with E-state index < -0.39 is 27.7 Å². The topological polar surface area (TPSA) is 135 Å². The smallest absolute Gasteiger partial charge is 0.336 e. The van der Waals surface area contributed by atoms with Gasteiger partial charge in [0.2, 0.25) is 10.0 Å². The second-order valence-electron chi connectivity index (χ2n) is 5.41. The van der Waals surface area contributed by atoms with Gasteiger partial charge in [-0.3, -0.25) is 9.59 Å². The number of nitrogens with zero attached hydrogens (tertiary/aromatic N) is 1. The average molecular weight is 360 g/mol. The molecule has 25 heavy (non-hydrogen) atoms.